The van der Waals surface area contributed by atoms with Gasteiger partial charge in [0, 0.05) is 33.5 Å². The number of pyridine rings is 2. The average molecular weight is 489 g/mol. The Balaban J connectivity index is 1.36. The summed E-state index contributed by atoms with van der Waals surface area (Å²) in [6, 6.07) is 36.3. The van der Waals surface area contributed by atoms with Crippen molar-refractivity contribution < 1.29 is 4.42 Å². The molecule has 3 heteroatoms. The van der Waals surface area contributed by atoms with Crippen LogP contribution in [-0.2, 0) is 5.41 Å². The maximum atomic E-state index is 6.49. The van der Waals surface area contributed by atoms with E-state index in [1.165, 1.54) is 21.9 Å². The summed E-state index contributed by atoms with van der Waals surface area (Å²) in [5.41, 5.74) is 10.4. The molecule has 3 heterocycles. The summed E-state index contributed by atoms with van der Waals surface area (Å²) in [6.45, 7) is 4.50. The predicted molar refractivity (Wildman–Crippen MR) is 155 cm³/mol. The lowest BCUT2D eigenvalue weighted by atomic mass is 9.83. The smallest absolute Gasteiger partial charge is 0.143 e. The molecular weight excluding hydrogens is 464 g/mol. The second-order valence-corrected chi connectivity index (χ2v) is 10.6. The molecule has 7 aromatic rings. The Hall–Kier alpha value is -4.76. The minimum absolute atomic E-state index is 0.109. The van der Waals surface area contributed by atoms with Crippen molar-refractivity contribution in [2.24, 2.45) is 0 Å². The Labute approximate surface area is 220 Å². The highest BCUT2D eigenvalue weighted by atomic mass is 16.3. The molecule has 0 bridgehead atoms. The lowest BCUT2D eigenvalue weighted by Gasteiger charge is -2.20. The van der Waals surface area contributed by atoms with Crippen molar-refractivity contribution >= 4 is 32.7 Å². The molecule has 180 valence electrons. The van der Waals surface area contributed by atoms with Gasteiger partial charge in [-0.25, -0.2) is 4.98 Å². The largest absolute Gasteiger partial charge is 0.455 e. The molecule has 0 atom stereocenters. The fourth-order valence-electron chi connectivity index (χ4n) is 6.19. The van der Waals surface area contributed by atoms with E-state index >= 15 is 0 Å². The third-order valence-electron chi connectivity index (χ3n) is 8.11. The van der Waals surface area contributed by atoms with Crippen LogP contribution in [0.15, 0.2) is 114 Å². The zero-order valence-electron chi connectivity index (χ0n) is 21.2. The summed E-state index contributed by atoms with van der Waals surface area (Å²) in [5.74, 6) is 0. The number of hydrogen-bond acceptors (Lipinski definition) is 3. The van der Waals surface area contributed by atoms with Gasteiger partial charge in [-0.3, -0.25) is 4.98 Å². The van der Waals surface area contributed by atoms with E-state index in [2.05, 4.69) is 98.8 Å². The molecule has 0 amide bonds. The van der Waals surface area contributed by atoms with E-state index in [1.807, 2.05) is 24.4 Å². The van der Waals surface area contributed by atoms with Gasteiger partial charge in [0.15, 0.2) is 0 Å². The first-order valence-electron chi connectivity index (χ1n) is 13.0. The number of nitrogens with zero attached hydrogens (tertiary/aromatic N) is 2. The monoisotopic (exact) mass is 488 g/mol. The van der Waals surface area contributed by atoms with Gasteiger partial charge in [-0.05, 0) is 57.8 Å². The van der Waals surface area contributed by atoms with Crippen LogP contribution in [0.2, 0.25) is 0 Å². The van der Waals surface area contributed by atoms with Crippen LogP contribution in [0.4, 0.5) is 0 Å². The molecule has 3 aromatic heterocycles. The van der Waals surface area contributed by atoms with Crippen molar-refractivity contribution in [1.82, 2.24) is 9.97 Å². The van der Waals surface area contributed by atoms with E-state index in [1.54, 1.807) is 0 Å². The lowest BCUT2D eigenvalue weighted by molar-refractivity contribution is 0.658. The molecule has 4 aromatic carbocycles. The SMILES string of the molecule is CC1(C)c2cccnc2-c2nc(-c3cccc(-c4c5ccccc5cc5c4oc4ccccc45)c3)ccc21. The van der Waals surface area contributed by atoms with Gasteiger partial charge in [-0.2, -0.15) is 0 Å². The summed E-state index contributed by atoms with van der Waals surface area (Å²) in [5, 5.41) is 4.66. The van der Waals surface area contributed by atoms with Crippen LogP contribution in [0.5, 0.6) is 0 Å². The fraction of sp³-hybridized carbons (Fsp3) is 0.0857. The van der Waals surface area contributed by atoms with Crippen LogP contribution in [0.3, 0.4) is 0 Å². The lowest BCUT2D eigenvalue weighted by Crippen LogP contribution is -2.15. The molecule has 0 N–H and O–H groups in total. The Morgan fingerprint density at radius 1 is 0.632 bits per heavy atom. The minimum atomic E-state index is -0.109. The number of para-hydroxylation sites is 1. The van der Waals surface area contributed by atoms with Crippen molar-refractivity contribution in [3.05, 3.63) is 120 Å². The third-order valence-corrected chi connectivity index (χ3v) is 8.11. The first kappa shape index (κ1) is 21.3. The number of aromatic nitrogens is 2. The maximum absolute atomic E-state index is 6.49. The van der Waals surface area contributed by atoms with Crippen molar-refractivity contribution in [3.8, 4) is 33.8 Å². The van der Waals surface area contributed by atoms with Gasteiger partial charge in [0.1, 0.15) is 11.2 Å². The molecule has 0 unspecified atom stereocenters. The van der Waals surface area contributed by atoms with Crippen molar-refractivity contribution in [3.63, 3.8) is 0 Å². The van der Waals surface area contributed by atoms with E-state index in [0.717, 1.165) is 55.7 Å². The molecule has 0 radical (unpaired) electrons. The zero-order valence-corrected chi connectivity index (χ0v) is 21.2. The van der Waals surface area contributed by atoms with Gasteiger partial charge >= 0.3 is 0 Å². The van der Waals surface area contributed by atoms with E-state index in [-0.39, 0.29) is 5.41 Å². The van der Waals surface area contributed by atoms with E-state index < -0.39 is 0 Å². The highest BCUT2D eigenvalue weighted by Crippen LogP contribution is 2.47. The molecule has 0 saturated carbocycles. The molecule has 38 heavy (non-hydrogen) atoms. The van der Waals surface area contributed by atoms with Gasteiger partial charge < -0.3 is 4.42 Å². The normalized spacial score (nSPS) is 13.7. The molecule has 1 aliphatic carbocycles. The van der Waals surface area contributed by atoms with Crippen LogP contribution in [0.25, 0.3) is 66.5 Å². The van der Waals surface area contributed by atoms with Gasteiger partial charge in [0.2, 0.25) is 0 Å². The van der Waals surface area contributed by atoms with E-state index in [9.17, 15) is 0 Å². The van der Waals surface area contributed by atoms with Crippen molar-refractivity contribution in [2.75, 3.05) is 0 Å². The zero-order chi connectivity index (χ0) is 25.4. The average Bonchev–Trinajstić information content (AvgIpc) is 3.44. The van der Waals surface area contributed by atoms with Crippen LogP contribution in [0, 0.1) is 0 Å². The quantitative estimate of drug-likeness (QED) is 0.243. The van der Waals surface area contributed by atoms with Gasteiger partial charge in [0.25, 0.3) is 0 Å². The molecule has 8 rings (SSSR count). The minimum Gasteiger partial charge on any atom is -0.455 e. The van der Waals surface area contributed by atoms with Crippen molar-refractivity contribution in [2.45, 2.75) is 19.3 Å². The second kappa shape index (κ2) is 7.62. The fourth-order valence-corrected chi connectivity index (χ4v) is 6.19. The summed E-state index contributed by atoms with van der Waals surface area (Å²) in [4.78, 5) is 9.88. The number of benzene rings is 4. The standard InChI is InChI=1S/C35H24N2O/c1-35(2)27-14-8-18-36-32(27)33-28(35)16-17-29(37-33)22-10-7-11-23(19-22)31-24-12-4-3-9-21(24)20-26-25-13-5-6-15-30(25)38-34(26)31/h3-20H,1-2H3. The molecule has 1 aliphatic rings. The van der Waals surface area contributed by atoms with E-state index in [4.69, 9.17) is 14.4 Å². The van der Waals surface area contributed by atoms with Crippen LogP contribution < -0.4 is 0 Å². The van der Waals surface area contributed by atoms with Crippen LogP contribution >= 0.6 is 0 Å². The van der Waals surface area contributed by atoms with Gasteiger partial charge in [0.05, 0.1) is 17.1 Å². The van der Waals surface area contributed by atoms with Gasteiger partial charge in [-0.1, -0.05) is 86.6 Å². The first-order chi connectivity index (χ1) is 18.6. The van der Waals surface area contributed by atoms with Gasteiger partial charge in [-0.15, -0.1) is 0 Å². The number of hydrogen-bond donors (Lipinski definition) is 0. The highest BCUT2D eigenvalue weighted by Gasteiger charge is 2.37. The van der Waals surface area contributed by atoms with E-state index in [0.29, 0.717) is 0 Å². The summed E-state index contributed by atoms with van der Waals surface area (Å²) >= 11 is 0. The number of fused-ring (bicyclic) bond motifs is 7. The molecule has 0 spiro atoms. The second-order valence-electron chi connectivity index (χ2n) is 10.6. The molecule has 0 fully saturated rings. The third kappa shape index (κ3) is 2.90. The number of rotatable bonds is 2. The Bertz CT molecular complexity index is 2060. The Morgan fingerprint density at radius 2 is 1.42 bits per heavy atom. The number of furan rings is 1. The molecule has 0 saturated heterocycles. The first-order valence-corrected chi connectivity index (χ1v) is 13.0. The highest BCUT2D eigenvalue weighted by molar-refractivity contribution is 6.18. The summed E-state index contributed by atoms with van der Waals surface area (Å²) < 4.78 is 6.49. The topological polar surface area (TPSA) is 38.9 Å². The molecule has 3 nitrogen and oxygen atoms in total. The summed E-state index contributed by atoms with van der Waals surface area (Å²) in [7, 11) is 0. The molecule has 0 aliphatic heterocycles. The van der Waals surface area contributed by atoms with Crippen LogP contribution in [-0.4, -0.2) is 9.97 Å². The maximum Gasteiger partial charge on any atom is 0.143 e. The predicted octanol–water partition coefficient (Wildman–Crippen LogP) is 9.17. The summed E-state index contributed by atoms with van der Waals surface area (Å²) in [6.07, 6.45) is 1.86. The molecular formula is C35H24N2O. The Kier molecular flexibility index (Phi) is 4.28. The van der Waals surface area contributed by atoms with Crippen molar-refractivity contribution in [1.29, 1.82) is 0 Å². The van der Waals surface area contributed by atoms with Crippen LogP contribution in [0.1, 0.15) is 25.0 Å². The Morgan fingerprint density at radius 3 is 2.34 bits per heavy atom.